The highest BCUT2D eigenvalue weighted by Crippen LogP contribution is 2.33. The average Bonchev–Trinajstić information content (AvgIpc) is 3.18. The largest absolute Gasteiger partial charge is 0.489 e. The van der Waals surface area contributed by atoms with Crippen molar-refractivity contribution < 1.29 is 32.2 Å². The third kappa shape index (κ3) is 5.19. The lowest BCUT2D eigenvalue weighted by Gasteiger charge is -2.15. The van der Waals surface area contributed by atoms with Gasteiger partial charge in [0.15, 0.2) is 0 Å². The zero-order valence-corrected chi connectivity index (χ0v) is 17.8. The summed E-state index contributed by atoms with van der Waals surface area (Å²) in [6, 6.07) is 13.4. The molecular weight excluding hydrogens is 433 g/mol. The van der Waals surface area contributed by atoms with E-state index in [0.717, 1.165) is 41.7 Å². The maximum atomic E-state index is 12.8. The number of hydrogen-bond donors (Lipinski definition) is 1. The number of ether oxygens (including phenoxy) is 1. The summed E-state index contributed by atoms with van der Waals surface area (Å²) in [5.74, 6) is 0.798. The van der Waals surface area contributed by atoms with Crippen molar-refractivity contribution in [2.24, 2.45) is 0 Å². The van der Waals surface area contributed by atoms with Crippen LogP contribution in [0.25, 0.3) is 16.9 Å². The van der Waals surface area contributed by atoms with Gasteiger partial charge >= 0.3 is 12.1 Å². The van der Waals surface area contributed by atoms with Gasteiger partial charge in [0.25, 0.3) is 0 Å². The molecule has 4 nitrogen and oxygen atoms in total. The summed E-state index contributed by atoms with van der Waals surface area (Å²) < 4.78 is 50.0. The van der Waals surface area contributed by atoms with E-state index >= 15 is 0 Å². The number of furan rings is 1. The van der Waals surface area contributed by atoms with E-state index in [-0.39, 0.29) is 12.2 Å². The van der Waals surface area contributed by atoms with Crippen LogP contribution in [0.5, 0.6) is 0 Å². The Labute approximate surface area is 188 Å². The number of carboxylic acid groups (broad SMARTS) is 1. The molecule has 1 aliphatic rings. The van der Waals surface area contributed by atoms with Crippen LogP contribution in [0, 0.1) is 6.92 Å². The van der Waals surface area contributed by atoms with Crippen molar-refractivity contribution in [1.82, 2.24) is 0 Å². The summed E-state index contributed by atoms with van der Waals surface area (Å²) in [7, 11) is 0. The standard InChI is InChI=1S/C26H21F3O4/c1-16-21(14-24(33-16)17-8-10-22(11-9-17)26(27,28)29)15-32-23-7-3-5-19(13-23)18-4-2-6-20(12-18)25(30)31/h2,4,6-14H,3,5,15H2,1H3,(H,30,31). The Bertz CT molecular complexity index is 1230. The van der Waals surface area contributed by atoms with Crippen LogP contribution >= 0.6 is 0 Å². The Balaban J connectivity index is 1.46. The van der Waals surface area contributed by atoms with E-state index in [1.54, 1.807) is 31.2 Å². The highest BCUT2D eigenvalue weighted by Gasteiger charge is 2.30. The van der Waals surface area contributed by atoms with Crippen LogP contribution in [0.2, 0.25) is 0 Å². The van der Waals surface area contributed by atoms with Crippen molar-refractivity contribution in [3.05, 3.63) is 101 Å². The molecule has 33 heavy (non-hydrogen) atoms. The molecule has 0 spiro atoms. The van der Waals surface area contributed by atoms with Gasteiger partial charge in [-0.3, -0.25) is 0 Å². The zero-order chi connectivity index (χ0) is 23.6. The maximum absolute atomic E-state index is 12.8. The molecule has 4 rings (SSSR count). The number of carbonyl (C=O) groups is 1. The molecule has 3 aromatic rings. The third-order valence-electron chi connectivity index (χ3n) is 5.47. The van der Waals surface area contributed by atoms with E-state index < -0.39 is 17.7 Å². The van der Waals surface area contributed by atoms with Gasteiger partial charge in [-0.1, -0.05) is 24.3 Å². The zero-order valence-electron chi connectivity index (χ0n) is 17.8. The van der Waals surface area contributed by atoms with Crippen molar-refractivity contribution in [2.45, 2.75) is 32.5 Å². The van der Waals surface area contributed by atoms with Crippen molar-refractivity contribution in [1.29, 1.82) is 0 Å². The van der Waals surface area contributed by atoms with E-state index in [0.29, 0.717) is 22.8 Å². The van der Waals surface area contributed by atoms with Gasteiger partial charge in [0.1, 0.15) is 23.9 Å². The summed E-state index contributed by atoms with van der Waals surface area (Å²) in [6.45, 7) is 2.01. The molecule has 0 atom stereocenters. The van der Waals surface area contributed by atoms with Crippen molar-refractivity contribution >= 4 is 11.5 Å². The first kappa shape index (κ1) is 22.5. The Morgan fingerprint density at radius 2 is 1.85 bits per heavy atom. The van der Waals surface area contributed by atoms with Crippen molar-refractivity contribution in [3.63, 3.8) is 0 Å². The van der Waals surface area contributed by atoms with Gasteiger partial charge in [-0.2, -0.15) is 13.2 Å². The lowest BCUT2D eigenvalue weighted by Crippen LogP contribution is -2.03. The molecule has 0 bridgehead atoms. The Kier molecular flexibility index (Phi) is 6.14. The molecule has 0 unspecified atom stereocenters. The minimum atomic E-state index is -4.38. The van der Waals surface area contributed by atoms with Crippen LogP contribution < -0.4 is 0 Å². The first-order valence-electron chi connectivity index (χ1n) is 10.3. The summed E-state index contributed by atoms with van der Waals surface area (Å²) in [5.41, 5.74) is 2.70. The molecule has 0 radical (unpaired) electrons. The molecule has 0 saturated heterocycles. The second-order valence-corrected chi connectivity index (χ2v) is 7.76. The quantitative estimate of drug-likeness (QED) is 0.426. The van der Waals surface area contributed by atoms with E-state index in [9.17, 15) is 23.1 Å². The molecule has 7 heteroatoms. The lowest BCUT2D eigenvalue weighted by atomic mass is 9.95. The molecule has 0 fully saturated rings. The molecule has 170 valence electrons. The maximum Gasteiger partial charge on any atom is 0.416 e. The second-order valence-electron chi connectivity index (χ2n) is 7.76. The van der Waals surface area contributed by atoms with Crippen LogP contribution in [-0.2, 0) is 17.5 Å². The number of aryl methyl sites for hydroxylation is 1. The average molecular weight is 454 g/mol. The van der Waals surface area contributed by atoms with Gasteiger partial charge in [-0.15, -0.1) is 0 Å². The number of aromatic carboxylic acids is 1. The molecule has 0 amide bonds. The SMILES string of the molecule is Cc1oc(-c2ccc(C(F)(F)F)cc2)cc1COC1=CCCC(c2cccc(C(=O)O)c2)=C1. The Morgan fingerprint density at radius 3 is 2.55 bits per heavy atom. The van der Waals surface area contributed by atoms with Crippen LogP contribution in [0.4, 0.5) is 13.2 Å². The molecule has 1 heterocycles. The first-order chi connectivity index (χ1) is 15.7. The monoisotopic (exact) mass is 454 g/mol. The van der Waals surface area contributed by atoms with Crippen LogP contribution in [-0.4, -0.2) is 11.1 Å². The smallest absolute Gasteiger partial charge is 0.416 e. The van der Waals surface area contributed by atoms with Crippen molar-refractivity contribution in [2.75, 3.05) is 0 Å². The molecule has 1 N–H and O–H groups in total. The Morgan fingerprint density at radius 1 is 1.09 bits per heavy atom. The predicted molar refractivity (Wildman–Crippen MR) is 117 cm³/mol. The van der Waals surface area contributed by atoms with Crippen LogP contribution in [0.3, 0.4) is 0 Å². The van der Waals surface area contributed by atoms with Gasteiger partial charge in [0.2, 0.25) is 0 Å². The molecule has 0 saturated carbocycles. The van der Waals surface area contributed by atoms with Gasteiger partial charge < -0.3 is 14.3 Å². The fourth-order valence-electron chi connectivity index (χ4n) is 3.64. The summed E-state index contributed by atoms with van der Waals surface area (Å²) in [6.07, 6.45) is 1.03. The van der Waals surface area contributed by atoms with Crippen molar-refractivity contribution in [3.8, 4) is 11.3 Å². The molecule has 1 aliphatic carbocycles. The lowest BCUT2D eigenvalue weighted by molar-refractivity contribution is -0.137. The van der Waals surface area contributed by atoms with Crippen LogP contribution in [0.1, 0.15) is 45.7 Å². The van der Waals surface area contributed by atoms with E-state index in [1.165, 1.54) is 12.1 Å². The summed E-state index contributed by atoms with van der Waals surface area (Å²) in [4.78, 5) is 11.2. The topological polar surface area (TPSA) is 59.7 Å². The van der Waals surface area contributed by atoms with E-state index in [4.69, 9.17) is 9.15 Å². The summed E-state index contributed by atoms with van der Waals surface area (Å²) >= 11 is 0. The predicted octanol–water partition coefficient (Wildman–Crippen LogP) is 7.25. The third-order valence-corrected chi connectivity index (χ3v) is 5.47. The number of hydrogen-bond acceptors (Lipinski definition) is 3. The highest BCUT2D eigenvalue weighted by molar-refractivity contribution is 5.89. The number of allylic oxidation sites excluding steroid dienone is 3. The number of halogens is 3. The highest BCUT2D eigenvalue weighted by atomic mass is 19.4. The van der Waals surface area contributed by atoms with Gasteiger partial charge in [0, 0.05) is 11.1 Å². The molecule has 2 aromatic carbocycles. The molecular formula is C26H21F3O4. The van der Waals surface area contributed by atoms with Gasteiger partial charge in [0.05, 0.1) is 11.1 Å². The van der Waals surface area contributed by atoms with Gasteiger partial charge in [-0.05, 0) is 73.4 Å². The minimum Gasteiger partial charge on any atom is -0.489 e. The normalized spacial score (nSPS) is 13.9. The molecule has 0 aliphatic heterocycles. The van der Waals surface area contributed by atoms with E-state index in [2.05, 4.69) is 0 Å². The molecule has 1 aromatic heterocycles. The Hall–Kier alpha value is -3.74. The summed E-state index contributed by atoms with van der Waals surface area (Å²) in [5, 5.41) is 9.21. The second kappa shape index (κ2) is 9.02. The fourth-order valence-corrected chi connectivity index (χ4v) is 3.64. The number of alkyl halides is 3. The van der Waals surface area contributed by atoms with E-state index in [1.807, 2.05) is 18.2 Å². The number of rotatable bonds is 6. The van der Waals surface area contributed by atoms with Crippen LogP contribution in [0.15, 0.2) is 76.9 Å². The van der Waals surface area contributed by atoms with Gasteiger partial charge in [-0.25, -0.2) is 4.79 Å². The minimum absolute atomic E-state index is 0.232. The number of carboxylic acids is 1. The fraction of sp³-hybridized carbons (Fsp3) is 0.192. The number of benzene rings is 2. The first-order valence-corrected chi connectivity index (χ1v) is 10.3.